The predicted octanol–water partition coefficient (Wildman–Crippen LogP) is 2.84. The zero-order valence-corrected chi connectivity index (χ0v) is 11.6. The Hall–Kier alpha value is -1.52. The Morgan fingerprint density at radius 3 is 2.78 bits per heavy atom. The maximum absolute atomic E-state index is 5.61. The van der Waals surface area contributed by atoms with Crippen LogP contribution >= 0.6 is 0 Å². The van der Waals surface area contributed by atoms with Crippen molar-refractivity contribution in [1.82, 2.24) is 9.97 Å². The number of anilines is 2. The van der Waals surface area contributed by atoms with E-state index >= 15 is 0 Å². The number of hydrogen-bond donors (Lipinski definition) is 2. The summed E-state index contributed by atoms with van der Waals surface area (Å²) in [5.41, 5.74) is 5.61. The minimum atomic E-state index is 0.232. The molecule has 102 valence electrons. The first kappa shape index (κ1) is 14.5. The van der Waals surface area contributed by atoms with Crippen LogP contribution in [0, 0.1) is 0 Å². The maximum atomic E-state index is 5.61. The predicted molar refractivity (Wildman–Crippen MR) is 74.8 cm³/mol. The summed E-state index contributed by atoms with van der Waals surface area (Å²) in [4.78, 5) is 8.09. The highest BCUT2D eigenvalue weighted by atomic mass is 16.5. The first-order valence-electron chi connectivity index (χ1n) is 6.60. The molecule has 5 nitrogen and oxygen atoms in total. The maximum Gasteiger partial charge on any atom is 0.225 e. The van der Waals surface area contributed by atoms with Crippen LogP contribution in [0.1, 0.15) is 46.0 Å². The SMILES string of the molecule is CCCCCCC(C)Nc1cc(OC)nc(N)n1. The van der Waals surface area contributed by atoms with Crippen molar-refractivity contribution < 1.29 is 4.74 Å². The number of ether oxygens (including phenoxy) is 1. The van der Waals surface area contributed by atoms with Gasteiger partial charge in [0.25, 0.3) is 0 Å². The van der Waals surface area contributed by atoms with Crippen LogP contribution in [0.4, 0.5) is 11.8 Å². The van der Waals surface area contributed by atoms with Crippen LogP contribution < -0.4 is 15.8 Å². The van der Waals surface area contributed by atoms with Gasteiger partial charge in [0.15, 0.2) is 0 Å². The van der Waals surface area contributed by atoms with Crippen molar-refractivity contribution in [3.63, 3.8) is 0 Å². The lowest BCUT2D eigenvalue weighted by Crippen LogP contribution is -2.16. The van der Waals surface area contributed by atoms with Gasteiger partial charge in [-0.1, -0.05) is 32.6 Å². The molecule has 0 fully saturated rings. The number of nitrogen functional groups attached to an aromatic ring is 1. The fourth-order valence-electron chi connectivity index (χ4n) is 1.82. The van der Waals surface area contributed by atoms with Gasteiger partial charge in [0, 0.05) is 12.1 Å². The third-order valence-corrected chi connectivity index (χ3v) is 2.81. The lowest BCUT2D eigenvalue weighted by atomic mass is 10.1. The van der Waals surface area contributed by atoms with Gasteiger partial charge >= 0.3 is 0 Å². The molecule has 5 heteroatoms. The minimum Gasteiger partial charge on any atom is -0.481 e. The zero-order valence-electron chi connectivity index (χ0n) is 11.6. The Kier molecular flexibility index (Phi) is 6.25. The molecule has 0 bridgehead atoms. The molecule has 1 unspecified atom stereocenters. The summed E-state index contributed by atoms with van der Waals surface area (Å²) in [6, 6.07) is 2.14. The van der Waals surface area contributed by atoms with Crippen molar-refractivity contribution in [2.45, 2.75) is 52.0 Å². The number of unbranched alkanes of at least 4 members (excludes halogenated alkanes) is 3. The van der Waals surface area contributed by atoms with E-state index in [0.717, 1.165) is 12.2 Å². The second kappa shape index (κ2) is 7.74. The molecule has 1 aromatic rings. The van der Waals surface area contributed by atoms with Crippen LogP contribution in [-0.4, -0.2) is 23.1 Å². The molecule has 1 rings (SSSR count). The van der Waals surface area contributed by atoms with Gasteiger partial charge in [0.2, 0.25) is 11.8 Å². The molecule has 0 aliphatic heterocycles. The number of hydrogen-bond acceptors (Lipinski definition) is 5. The van der Waals surface area contributed by atoms with Crippen molar-refractivity contribution in [3.8, 4) is 5.88 Å². The number of methoxy groups -OCH3 is 1. The van der Waals surface area contributed by atoms with Gasteiger partial charge in [-0.15, -0.1) is 0 Å². The second-order valence-corrected chi connectivity index (χ2v) is 4.55. The van der Waals surface area contributed by atoms with Crippen LogP contribution in [0.2, 0.25) is 0 Å². The molecule has 1 atom stereocenters. The van der Waals surface area contributed by atoms with Crippen molar-refractivity contribution in [1.29, 1.82) is 0 Å². The van der Waals surface area contributed by atoms with E-state index in [-0.39, 0.29) is 5.95 Å². The number of rotatable bonds is 8. The van der Waals surface area contributed by atoms with E-state index in [4.69, 9.17) is 10.5 Å². The fraction of sp³-hybridized carbons (Fsp3) is 0.692. The first-order chi connectivity index (χ1) is 8.65. The van der Waals surface area contributed by atoms with Crippen LogP contribution in [-0.2, 0) is 0 Å². The first-order valence-corrected chi connectivity index (χ1v) is 6.60. The lowest BCUT2D eigenvalue weighted by molar-refractivity contribution is 0.398. The molecule has 18 heavy (non-hydrogen) atoms. The molecule has 0 aliphatic rings. The second-order valence-electron chi connectivity index (χ2n) is 4.55. The molecular weight excluding hydrogens is 228 g/mol. The molecule has 0 aliphatic carbocycles. The summed E-state index contributed by atoms with van der Waals surface area (Å²) in [5.74, 6) is 1.44. The highest BCUT2D eigenvalue weighted by molar-refractivity contribution is 5.43. The Labute approximate surface area is 109 Å². The summed E-state index contributed by atoms with van der Waals surface area (Å²) in [6.45, 7) is 4.37. The van der Waals surface area contributed by atoms with Gasteiger partial charge < -0.3 is 15.8 Å². The molecule has 3 N–H and O–H groups in total. The van der Waals surface area contributed by atoms with Gasteiger partial charge in [-0.25, -0.2) is 0 Å². The zero-order chi connectivity index (χ0) is 13.4. The quantitative estimate of drug-likeness (QED) is 0.696. The number of nitrogens with one attached hydrogen (secondary N) is 1. The topological polar surface area (TPSA) is 73.1 Å². The summed E-state index contributed by atoms with van der Waals surface area (Å²) in [5, 5.41) is 3.32. The van der Waals surface area contributed by atoms with Crippen LogP contribution in [0.15, 0.2) is 6.07 Å². The van der Waals surface area contributed by atoms with Crippen LogP contribution in [0.3, 0.4) is 0 Å². The van der Waals surface area contributed by atoms with E-state index in [1.807, 2.05) is 0 Å². The van der Waals surface area contributed by atoms with E-state index < -0.39 is 0 Å². The molecule has 0 saturated carbocycles. The molecule has 1 aromatic heterocycles. The van der Waals surface area contributed by atoms with Gasteiger partial charge in [-0.05, 0) is 13.3 Å². The van der Waals surface area contributed by atoms with Gasteiger partial charge in [-0.3, -0.25) is 0 Å². The highest BCUT2D eigenvalue weighted by Gasteiger charge is 2.06. The smallest absolute Gasteiger partial charge is 0.225 e. The molecule has 0 spiro atoms. The van der Waals surface area contributed by atoms with Crippen molar-refractivity contribution >= 4 is 11.8 Å². The average Bonchev–Trinajstić information content (AvgIpc) is 2.34. The number of aromatic nitrogens is 2. The normalized spacial score (nSPS) is 12.2. The monoisotopic (exact) mass is 252 g/mol. The highest BCUT2D eigenvalue weighted by Crippen LogP contribution is 2.16. The van der Waals surface area contributed by atoms with Gasteiger partial charge in [0.05, 0.1) is 7.11 Å². The van der Waals surface area contributed by atoms with Gasteiger partial charge in [0.1, 0.15) is 5.82 Å². The molecule has 0 amide bonds. The van der Waals surface area contributed by atoms with Gasteiger partial charge in [-0.2, -0.15) is 9.97 Å². The van der Waals surface area contributed by atoms with Crippen molar-refractivity contribution in [2.24, 2.45) is 0 Å². The molecule has 0 radical (unpaired) electrons. The van der Waals surface area contributed by atoms with E-state index in [0.29, 0.717) is 11.9 Å². The standard InChI is InChI=1S/C13H24N4O/c1-4-5-6-7-8-10(2)15-11-9-12(18-3)17-13(14)16-11/h9-10H,4-8H2,1-3H3,(H3,14,15,16,17). The lowest BCUT2D eigenvalue weighted by Gasteiger charge is -2.14. The molecular formula is C13H24N4O. The molecule has 1 heterocycles. The number of nitrogens with two attached hydrogens (primary N) is 1. The Morgan fingerprint density at radius 1 is 1.33 bits per heavy atom. The molecule has 0 aromatic carbocycles. The number of nitrogens with zero attached hydrogens (tertiary/aromatic N) is 2. The van der Waals surface area contributed by atoms with Crippen LogP contribution in [0.5, 0.6) is 5.88 Å². The third kappa shape index (κ3) is 5.21. The van der Waals surface area contributed by atoms with E-state index in [1.165, 1.54) is 25.7 Å². The fourth-order valence-corrected chi connectivity index (χ4v) is 1.82. The van der Waals surface area contributed by atoms with E-state index in [2.05, 4.69) is 29.1 Å². The summed E-state index contributed by atoms with van der Waals surface area (Å²) >= 11 is 0. The summed E-state index contributed by atoms with van der Waals surface area (Å²) in [6.07, 6.45) is 6.23. The average molecular weight is 252 g/mol. The van der Waals surface area contributed by atoms with Crippen molar-refractivity contribution in [2.75, 3.05) is 18.2 Å². The minimum absolute atomic E-state index is 0.232. The van der Waals surface area contributed by atoms with Crippen LogP contribution in [0.25, 0.3) is 0 Å². The van der Waals surface area contributed by atoms with Crippen molar-refractivity contribution in [3.05, 3.63) is 6.07 Å². The Balaban J connectivity index is 2.43. The van der Waals surface area contributed by atoms with E-state index in [1.54, 1.807) is 13.2 Å². The molecule has 0 saturated heterocycles. The summed E-state index contributed by atoms with van der Waals surface area (Å²) < 4.78 is 5.06. The largest absolute Gasteiger partial charge is 0.481 e. The van der Waals surface area contributed by atoms with E-state index in [9.17, 15) is 0 Å². The Bertz CT molecular complexity index is 357. The Morgan fingerprint density at radius 2 is 2.11 bits per heavy atom. The third-order valence-electron chi connectivity index (χ3n) is 2.81. The summed E-state index contributed by atoms with van der Waals surface area (Å²) in [7, 11) is 1.57.